The number of hydrogen-bond donors (Lipinski definition) is 0. The quantitative estimate of drug-likeness (QED) is 0.236. The maximum atomic E-state index is 11.4. The number of nitrogens with zero attached hydrogens (tertiary/aromatic N) is 1. The molecule has 0 N–H and O–H groups in total. The summed E-state index contributed by atoms with van der Waals surface area (Å²) < 4.78 is 4.88. The number of benzene rings is 1. The number of esters is 1. The van der Waals surface area contributed by atoms with Crippen LogP contribution in [0.2, 0.25) is 0 Å². The number of Topliss-reactive ketones (excluding diaryl/α,β-unsaturated/α-hetero) is 1. The molecule has 0 bridgehead atoms. The molecule has 0 saturated carbocycles. The third-order valence-electron chi connectivity index (χ3n) is 2.66. The van der Waals surface area contributed by atoms with E-state index in [-0.39, 0.29) is 18.7 Å². The number of hydrogen-bond acceptors (Lipinski definition) is 4. The zero-order valence-electron chi connectivity index (χ0n) is 11.4. The van der Waals surface area contributed by atoms with Crippen molar-refractivity contribution in [2.75, 3.05) is 13.2 Å². The molecule has 106 valence electrons. The second-order valence-electron chi connectivity index (χ2n) is 4.23. The molecule has 1 amide bonds. The number of carbonyl (C=O) groups is 3. The van der Waals surface area contributed by atoms with Crippen LogP contribution in [0.4, 0.5) is 0 Å². The molecular weight excluding hydrogens is 258 g/mol. The lowest BCUT2D eigenvalue weighted by molar-refractivity contribution is -0.141. The third-order valence-corrected chi connectivity index (χ3v) is 2.66. The first kappa shape index (κ1) is 15.6. The molecule has 0 aromatic heterocycles. The van der Waals surface area contributed by atoms with Gasteiger partial charge in [-0.2, -0.15) is 0 Å². The van der Waals surface area contributed by atoms with Crippen LogP contribution in [0, 0.1) is 0 Å². The van der Waals surface area contributed by atoms with E-state index in [2.05, 4.69) is 6.58 Å². The van der Waals surface area contributed by atoms with Gasteiger partial charge >= 0.3 is 5.97 Å². The van der Waals surface area contributed by atoms with Gasteiger partial charge in [-0.15, -0.1) is 0 Å². The maximum absolute atomic E-state index is 11.4. The van der Waals surface area contributed by atoms with Crippen molar-refractivity contribution >= 4 is 18.2 Å². The summed E-state index contributed by atoms with van der Waals surface area (Å²) in [6.07, 6.45) is 0.695. The van der Waals surface area contributed by atoms with E-state index in [1.54, 1.807) is 0 Å². The molecular formula is C15H17NO4. The van der Waals surface area contributed by atoms with E-state index in [1.807, 2.05) is 30.3 Å². The van der Waals surface area contributed by atoms with Crippen LogP contribution in [0.15, 0.2) is 42.5 Å². The fourth-order valence-electron chi connectivity index (χ4n) is 1.47. The summed E-state index contributed by atoms with van der Waals surface area (Å²) in [5.41, 5.74) is 0.796. The Balaban J connectivity index is 2.39. The average Bonchev–Trinajstić information content (AvgIpc) is 2.46. The molecule has 5 nitrogen and oxygen atoms in total. The Hall–Kier alpha value is -2.43. The number of ether oxygens (including phenoxy) is 1. The van der Waals surface area contributed by atoms with Crippen molar-refractivity contribution in [1.29, 1.82) is 0 Å². The van der Waals surface area contributed by atoms with Gasteiger partial charge in [-0.05, 0) is 12.5 Å². The van der Waals surface area contributed by atoms with E-state index in [0.29, 0.717) is 13.0 Å². The molecule has 0 aliphatic heterocycles. The summed E-state index contributed by atoms with van der Waals surface area (Å²) in [5, 5.41) is 0. The van der Waals surface area contributed by atoms with E-state index in [0.717, 1.165) is 5.56 Å². The molecule has 1 rings (SSSR count). The van der Waals surface area contributed by atoms with Crippen LogP contribution in [0.1, 0.15) is 12.5 Å². The van der Waals surface area contributed by atoms with E-state index in [9.17, 15) is 14.4 Å². The second-order valence-corrected chi connectivity index (χ2v) is 4.23. The zero-order chi connectivity index (χ0) is 15.0. The van der Waals surface area contributed by atoms with Crippen LogP contribution in [-0.4, -0.2) is 36.2 Å². The molecule has 0 saturated heterocycles. The Bertz CT molecular complexity index is 496. The monoisotopic (exact) mass is 275 g/mol. The van der Waals surface area contributed by atoms with Gasteiger partial charge in [-0.3, -0.25) is 9.59 Å². The Kier molecular flexibility index (Phi) is 6.16. The summed E-state index contributed by atoms with van der Waals surface area (Å²) in [6.45, 7) is 5.30. The van der Waals surface area contributed by atoms with E-state index >= 15 is 0 Å². The van der Waals surface area contributed by atoms with Crippen molar-refractivity contribution in [3.05, 3.63) is 48.0 Å². The highest BCUT2D eigenvalue weighted by molar-refractivity contribution is 6.15. The lowest BCUT2D eigenvalue weighted by Crippen LogP contribution is -2.27. The number of carbonyl (C=O) groups excluding carboxylic acids is 3. The molecule has 0 fully saturated rings. The summed E-state index contributed by atoms with van der Waals surface area (Å²) >= 11 is 0. The van der Waals surface area contributed by atoms with Crippen molar-refractivity contribution in [2.24, 2.45) is 0 Å². The topological polar surface area (TPSA) is 63.7 Å². The van der Waals surface area contributed by atoms with Gasteiger partial charge in [0.1, 0.15) is 6.61 Å². The van der Waals surface area contributed by atoms with Gasteiger partial charge in [0.15, 0.2) is 5.78 Å². The Morgan fingerprint density at radius 3 is 2.50 bits per heavy atom. The largest absolute Gasteiger partial charge is 0.460 e. The standard InChI is InChI=1S/C15H17NO4/c1-12(13(2)18)15(19)20-9-8-16(11-17)10-14-6-4-3-5-7-14/h3-7,11H,1,8-10H2,2H3. The summed E-state index contributed by atoms with van der Waals surface area (Å²) in [4.78, 5) is 34.7. The normalized spacial score (nSPS) is 9.65. The van der Waals surface area contributed by atoms with Gasteiger partial charge in [-0.25, -0.2) is 4.79 Å². The molecule has 0 atom stereocenters. The van der Waals surface area contributed by atoms with Crippen LogP contribution in [0.5, 0.6) is 0 Å². The van der Waals surface area contributed by atoms with Gasteiger partial charge < -0.3 is 9.64 Å². The van der Waals surface area contributed by atoms with Gasteiger partial charge in [0, 0.05) is 6.54 Å². The fourth-order valence-corrected chi connectivity index (χ4v) is 1.47. The summed E-state index contributed by atoms with van der Waals surface area (Å²) in [6, 6.07) is 9.47. The third kappa shape index (κ3) is 5.06. The van der Waals surface area contributed by atoms with E-state index < -0.39 is 11.8 Å². The highest BCUT2D eigenvalue weighted by Crippen LogP contribution is 2.03. The molecule has 0 aliphatic rings. The first-order valence-corrected chi connectivity index (χ1v) is 6.15. The lowest BCUT2D eigenvalue weighted by Gasteiger charge is -2.17. The molecule has 0 unspecified atom stereocenters. The molecule has 0 aliphatic carbocycles. The van der Waals surface area contributed by atoms with Crippen LogP contribution < -0.4 is 0 Å². The summed E-state index contributed by atoms with van der Waals surface area (Å²) in [5.74, 6) is -1.17. The first-order chi connectivity index (χ1) is 9.54. The Labute approximate surface area is 117 Å². The van der Waals surface area contributed by atoms with Gasteiger partial charge in [-0.1, -0.05) is 36.9 Å². The molecule has 1 aromatic carbocycles. The number of amides is 1. The van der Waals surface area contributed by atoms with Crippen LogP contribution in [-0.2, 0) is 25.7 Å². The van der Waals surface area contributed by atoms with Crippen LogP contribution in [0.3, 0.4) is 0 Å². The lowest BCUT2D eigenvalue weighted by atomic mass is 10.2. The summed E-state index contributed by atoms with van der Waals surface area (Å²) in [7, 11) is 0. The second kappa shape index (κ2) is 7.89. The van der Waals surface area contributed by atoms with Gasteiger partial charge in [0.2, 0.25) is 6.41 Å². The molecule has 1 aromatic rings. The maximum Gasteiger partial charge on any atom is 0.341 e. The number of ketones is 1. The Morgan fingerprint density at radius 1 is 1.30 bits per heavy atom. The predicted molar refractivity (Wildman–Crippen MR) is 73.7 cm³/mol. The molecule has 0 spiro atoms. The fraction of sp³-hybridized carbons (Fsp3) is 0.267. The minimum atomic E-state index is -0.747. The van der Waals surface area contributed by atoms with Crippen molar-refractivity contribution in [3.8, 4) is 0 Å². The molecule has 5 heteroatoms. The SMILES string of the molecule is C=C(C(C)=O)C(=O)OCCN(C=O)Cc1ccccc1. The van der Waals surface area contributed by atoms with Crippen molar-refractivity contribution < 1.29 is 19.1 Å². The molecule has 0 radical (unpaired) electrons. The Morgan fingerprint density at radius 2 is 1.95 bits per heavy atom. The minimum absolute atomic E-state index is 0.0245. The van der Waals surface area contributed by atoms with E-state index in [1.165, 1.54) is 11.8 Å². The number of rotatable bonds is 8. The predicted octanol–water partition coefficient (Wildman–Crippen LogP) is 1.33. The van der Waals surface area contributed by atoms with Crippen molar-refractivity contribution in [2.45, 2.75) is 13.5 Å². The van der Waals surface area contributed by atoms with Gasteiger partial charge in [0.25, 0.3) is 0 Å². The van der Waals surface area contributed by atoms with E-state index in [4.69, 9.17) is 4.74 Å². The molecule has 20 heavy (non-hydrogen) atoms. The highest BCUT2D eigenvalue weighted by Gasteiger charge is 2.13. The first-order valence-electron chi connectivity index (χ1n) is 6.15. The van der Waals surface area contributed by atoms with Crippen LogP contribution in [0.25, 0.3) is 0 Å². The van der Waals surface area contributed by atoms with Gasteiger partial charge in [0.05, 0.1) is 12.1 Å². The molecule has 0 heterocycles. The van der Waals surface area contributed by atoms with Crippen molar-refractivity contribution in [3.63, 3.8) is 0 Å². The highest BCUT2D eigenvalue weighted by atomic mass is 16.5. The minimum Gasteiger partial charge on any atom is -0.460 e. The smallest absolute Gasteiger partial charge is 0.341 e. The van der Waals surface area contributed by atoms with Crippen LogP contribution >= 0.6 is 0 Å². The zero-order valence-corrected chi connectivity index (χ0v) is 11.4. The van der Waals surface area contributed by atoms with Crippen molar-refractivity contribution in [1.82, 2.24) is 4.90 Å². The average molecular weight is 275 g/mol.